The number of primary amides is 1. The Morgan fingerprint density at radius 1 is 1.47 bits per heavy atom. The molecule has 0 bridgehead atoms. The summed E-state index contributed by atoms with van der Waals surface area (Å²) in [5.41, 5.74) is 6.69. The Hall–Kier alpha value is -1.97. The minimum absolute atomic E-state index is 0.279. The van der Waals surface area contributed by atoms with E-state index in [0.29, 0.717) is 23.3 Å². The highest BCUT2D eigenvalue weighted by Gasteiger charge is 2.05. The third-order valence-corrected chi connectivity index (χ3v) is 2.39. The van der Waals surface area contributed by atoms with Crippen molar-refractivity contribution in [1.82, 2.24) is 0 Å². The summed E-state index contributed by atoms with van der Waals surface area (Å²) in [4.78, 5) is 14.9. The largest absolute Gasteiger partial charge is 0.366 e. The molecule has 0 spiro atoms. The third-order valence-electron chi connectivity index (χ3n) is 2.39. The van der Waals surface area contributed by atoms with E-state index in [-0.39, 0.29) is 5.82 Å². The third kappa shape index (κ3) is 3.83. The number of allylic oxidation sites excluding steroid dienone is 1. The Labute approximate surface area is 99.9 Å². The van der Waals surface area contributed by atoms with Crippen molar-refractivity contribution in [2.75, 3.05) is 7.05 Å². The van der Waals surface area contributed by atoms with Crippen LogP contribution in [0.5, 0.6) is 0 Å². The first-order chi connectivity index (χ1) is 8.04. The van der Waals surface area contributed by atoms with Crippen molar-refractivity contribution < 1.29 is 9.18 Å². The van der Waals surface area contributed by atoms with Crippen LogP contribution in [0.2, 0.25) is 0 Å². The molecule has 2 N–H and O–H groups in total. The maximum Gasteiger partial charge on any atom is 0.244 e. The fourth-order valence-electron chi connectivity index (χ4n) is 1.35. The molecule has 0 aromatic heterocycles. The van der Waals surface area contributed by atoms with Crippen molar-refractivity contribution in [2.45, 2.75) is 13.3 Å². The molecular weight excluding hydrogens is 219 g/mol. The van der Waals surface area contributed by atoms with Crippen molar-refractivity contribution in [3.05, 3.63) is 47.3 Å². The monoisotopic (exact) mass is 234 g/mol. The van der Waals surface area contributed by atoms with E-state index >= 15 is 0 Å². The van der Waals surface area contributed by atoms with Crippen LogP contribution in [-0.4, -0.2) is 18.7 Å². The quantitative estimate of drug-likeness (QED) is 0.627. The van der Waals surface area contributed by atoms with Crippen LogP contribution < -0.4 is 5.73 Å². The summed E-state index contributed by atoms with van der Waals surface area (Å²) in [6, 6.07) is 6.48. The Morgan fingerprint density at radius 3 is 2.65 bits per heavy atom. The van der Waals surface area contributed by atoms with Gasteiger partial charge in [0.2, 0.25) is 5.91 Å². The van der Waals surface area contributed by atoms with Crippen molar-refractivity contribution in [3.8, 4) is 0 Å². The molecule has 0 saturated heterocycles. The number of hydrogen-bond donors (Lipinski definition) is 1. The van der Waals surface area contributed by atoms with E-state index in [4.69, 9.17) is 5.73 Å². The minimum atomic E-state index is -0.500. The maximum absolute atomic E-state index is 13.4. The van der Waals surface area contributed by atoms with Gasteiger partial charge in [-0.05, 0) is 24.6 Å². The van der Waals surface area contributed by atoms with Crippen LogP contribution in [-0.2, 0) is 11.2 Å². The van der Waals surface area contributed by atoms with Crippen molar-refractivity contribution in [2.24, 2.45) is 10.7 Å². The van der Waals surface area contributed by atoms with Gasteiger partial charge in [0, 0.05) is 24.8 Å². The predicted octanol–water partition coefficient (Wildman–Crippen LogP) is 1.87. The predicted molar refractivity (Wildman–Crippen MR) is 66.4 cm³/mol. The van der Waals surface area contributed by atoms with E-state index in [0.717, 1.165) is 0 Å². The molecule has 0 radical (unpaired) electrons. The zero-order chi connectivity index (χ0) is 12.8. The summed E-state index contributed by atoms with van der Waals surface area (Å²) in [5, 5.41) is 0. The molecule has 4 heteroatoms. The lowest BCUT2D eigenvalue weighted by Crippen LogP contribution is -2.13. The Kier molecular flexibility index (Phi) is 4.57. The zero-order valence-electron chi connectivity index (χ0n) is 9.90. The van der Waals surface area contributed by atoms with Crippen LogP contribution in [0.1, 0.15) is 12.5 Å². The summed E-state index contributed by atoms with van der Waals surface area (Å²) in [5.74, 6) is -0.779. The lowest BCUT2D eigenvalue weighted by atomic mass is 10.1. The van der Waals surface area contributed by atoms with E-state index in [2.05, 4.69) is 4.99 Å². The van der Waals surface area contributed by atoms with Crippen LogP contribution in [0.15, 0.2) is 40.9 Å². The number of halogens is 1. The van der Waals surface area contributed by atoms with Gasteiger partial charge in [-0.25, -0.2) is 4.39 Å². The van der Waals surface area contributed by atoms with Crippen LogP contribution in [0, 0.1) is 5.82 Å². The van der Waals surface area contributed by atoms with Gasteiger partial charge in [0.1, 0.15) is 5.82 Å². The molecular formula is C13H15FN2O. The highest BCUT2D eigenvalue weighted by Crippen LogP contribution is 2.09. The van der Waals surface area contributed by atoms with Gasteiger partial charge in [-0.15, -0.1) is 0 Å². The number of nitrogens with two attached hydrogens (primary N) is 1. The summed E-state index contributed by atoms with van der Waals surface area (Å²) < 4.78 is 13.4. The second kappa shape index (κ2) is 5.94. The molecule has 0 saturated carbocycles. The molecule has 1 rings (SSSR count). The molecule has 0 aliphatic heterocycles. The van der Waals surface area contributed by atoms with Crippen LogP contribution >= 0.6 is 0 Å². The molecule has 1 amide bonds. The first-order valence-electron chi connectivity index (χ1n) is 5.21. The lowest BCUT2D eigenvalue weighted by molar-refractivity contribution is -0.114. The average Bonchev–Trinajstić information content (AvgIpc) is 2.30. The molecule has 0 aliphatic rings. The van der Waals surface area contributed by atoms with Gasteiger partial charge in [-0.2, -0.15) is 0 Å². The highest BCUT2D eigenvalue weighted by molar-refractivity contribution is 6.03. The Balaban J connectivity index is 2.90. The normalized spacial score (nSPS) is 12.6. The van der Waals surface area contributed by atoms with Crippen molar-refractivity contribution in [1.29, 1.82) is 0 Å². The summed E-state index contributed by atoms with van der Waals surface area (Å²) in [6.07, 6.45) is 1.92. The van der Waals surface area contributed by atoms with Gasteiger partial charge in [0.15, 0.2) is 0 Å². The van der Waals surface area contributed by atoms with Gasteiger partial charge in [-0.1, -0.05) is 18.2 Å². The van der Waals surface area contributed by atoms with Gasteiger partial charge in [0.05, 0.1) is 0 Å². The lowest BCUT2D eigenvalue weighted by Gasteiger charge is -2.03. The summed E-state index contributed by atoms with van der Waals surface area (Å²) >= 11 is 0. The number of amides is 1. The van der Waals surface area contributed by atoms with E-state index in [9.17, 15) is 9.18 Å². The average molecular weight is 234 g/mol. The number of aliphatic imine (C=N–C) groups is 1. The molecule has 0 aliphatic carbocycles. The highest BCUT2D eigenvalue weighted by atomic mass is 19.1. The molecule has 0 atom stereocenters. The number of rotatable bonds is 4. The van der Waals surface area contributed by atoms with Crippen LogP contribution in [0.25, 0.3) is 0 Å². The number of hydrogen-bond acceptors (Lipinski definition) is 2. The summed E-state index contributed by atoms with van der Waals surface area (Å²) in [7, 11) is 1.60. The molecule has 0 heterocycles. The Morgan fingerprint density at radius 2 is 2.12 bits per heavy atom. The number of benzene rings is 1. The maximum atomic E-state index is 13.4. The van der Waals surface area contributed by atoms with Crippen LogP contribution in [0.3, 0.4) is 0 Å². The van der Waals surface area contributed by atoms with Gasteiger partial charge in [-0.3, -0.25) is 9.79 Å². The van der Waals surface area contributed by atoms with Crippen molar-refractivity contribution in [3.63, 3.8) is 0 Å². The molecule has 3 nitrogen and oxygen atoms in total. The number of carbonyl (C=O) groups is 1. The van der Waals surface area contributed by atoms with Crippen molar-refractivity contribution >= 4 is 11.6 Å². The Bertz CT molecular complexity index is 478. The fraction of sp³-hybridized carbons (Fsp3) is 0.231. The van der Waals surface area contributed by atoms with Gasteiger partial charge >= 0.3 is 0 Å². The first kappa shape index (κ1) is 13.1. The van der Waals surface area contributed by atoms with E-state index in [1.54, 1.807) is 38.2 Å². The second-order valence-electron chi connectivity index (χ2n) is 3.67. The molecule has 1 aromatic carbocycles. The first-order valence-corrected chi connectivity index (χ1v) is 5.21. The van der Waals surface area contributed by atoms with E-state index in [1.165, 1.54) is 6.07 Å². The van der Waals surface area contributed by atoms with E-state index in [1.807, 2.05) is 0 Å². The standard InChI is InChI=1S/C13H15FN2O/c1-9(13(15)17)7-11(16-2)8-10-5-3-4-6-12(10)14/h3-7H,8H2,1-2H3,(H2,15,17)/b9-7+,16-11+. The molecule has 90 valence electrons. The summed E-state index contributed by atoms with van der Waals surface area (Å²) in [6.45, 7) is 1.61. The van der Waals surface area contributed by atoms with E-state index < -0.39 is 5.91 Å². The van der Waals surface area contributed by atoms with Gasteiger partial charge in [0.25, 0.3) is 0 Å². The van der Waals surface area contributed by atoms with Gasteiger partial charge < -0.3 is 5.73 Å². The second-order valence-corrected chi connectivity index (χ2v) is 3.67. The fourth-order valence-corrected chi connectivity index (χ4v) is 1.35. The minimum Gasteiger partial charge on any atom is -0.366 e. The topological polar surface area (TPSA) is 55.4 Å². The molecule has 17 heavy (non-hydrogen) atoms. The zero-order valence-corrected chi connectivity index (χ0v) is 9.90. The number of nitrogens with zero attached hydrogens (tertiary/aromatic N) is 1. The molecule has 0 fully saturated rings. The molecule has 0 unspecified atom stereocenters. The SMILES string of the molecule is C/N=C(\C=C(/C)C(N)=O)Cc1ccccc1F. The smallest absolute Gasteiger partial charge is 0.244 e. The van der Waals surface area contributed by atoms with Crippen LogP contribution in [0.4, 0.5) is 4.39 Å². The molecule has 1 aromatic rings. The number of carbonyl (C=O) groups excluding carboxylic acids is 1.